The summed E-state index contributed by atoms with van der Waals surface area (Å²) in [5.74, 6) is -4.43. The van der Waals surface area contributed by atoms with E-state index in [1.54, 1.807) is 0 Å². The highest BCUT2D eigenvalue weighted by molar-refractivity contribution is 5.93. The molecule has 25 heavy (non-hydrogen) atoms. The van der Waals surface area contributed by atoms with Gasteiger partial charge in [0.1, 0.15) is 5.69 Å². The number of pyridine rings is 1. The number of amides is 1. The fourth-order valence-electron chi connectivity index (χ4n) is 2.92. The first-order valence-electron chi connectivity index (χ1n) is 8.22. The van der Waals surface area contributed by atoms with Gasteiger partial charge in [-0.15, -0.1) is 0 Å². The summed E-state index contributed by atoms with van der Waals surface area (Å²) in [5.41, 5.74) is 0.316. The van der Waals surface area contributed by atoms with Crippen molar-refractivity contribution in [2.45, 2.75) is 38.1 Å². The summed E-state index contributed by atoms with van der Waals surface area (Å²) < 4.78 is 40.0. The van der Waals surface area contributed by atoms with Gasteiger partial charge >= 0.3 is 0 Å². The smallest absolute Gasteiger partial charge is 0.270 e. The minimum Gasteiger partial charge on any atom is -0.353 e. The number of hydrogen-bond acceptors (Lipinski definition) is 3. The van der Waals surface area contributed by atoms with Gasteiger partial charge in [0.15, 0.2) is 17.5 Å². The standard InChI is InChI=1S/C18H18F3N3O/c19-13-6-7-14(17(21)16(13)20)23-12-8-9-22-15(10-12)18(25)24-11-4-2-1-3-5-11/h6-11H,1-5H2,(H,22,23)(H,24,25). The van der Waals surface area contributed by atoms with Crippen LogP contribution >= 0.6 is 0 Å². The lowest BCUT2D eigenvalue weighted by Gasteiger charge is -2.22. The molecular formula is C18H18F3N3O. The lowest BCUT2D eigenvalue weighted by Crippen LogP contribution is -2.36. The van der Waals surface area contributed by atoms with Crippen molar-refractivity contribution >= 4 is 17.3 Å². The predicted molar refractivity (Wildman–Crippen MR) is 88.2 cm³/mol. The number of carbonyl (C=O) groups is 1. The third-order valence-corrected chi connectivity index (χ3v) is 4.25. The molecule has 0 spiro atoms. The van der Waals surface area contributed by atoms with Gasteiger partial charge in [0.2, 0.25) is 0 Å². The predicted octanol–water partition coefficient (Wildman–Crippen LogP) is 4.31. The zero-order chi connectivity index (χ0) is 17.8. The lowest BCUT2D eigenvalue weighted by molar-refractivity contribution is 0.0922. The molecule has 0 saturated heterocycles. The average Bonchev–Trinajstić information content (AvgIpc) is 2.63. The van der Waals surface area contributed by atoms with E-state index in [1.165, 1.54) is 24.8 Å². The van der Waals surface area contributed by atoms with Crippen molar-refractivity contribution in [2.24, 2.45) is 0 Å². The van der Waals surface area contributed by atoms with Crippen molar-refractivity contribution in [1.29, 1.82) is 0 Å². The first-order chi connectivity index (χ1) is 12.0. The molecule has 0 aliphatic heterocycles. The number of nitrogens with zero attached hydrogens (tertiary/aromatic N) is 1. The number of aromatic nitrogens is 1. The molecule has 2 N–H and O–H groups in total. The van der Waals surface area contributed by atoms with Crippen LogP contribution in [0.15, 0.2) is 30.5 Å². The fraction of sp³-hybridized carbons (Fsp3) is 0.333. The minimum absolute atomic E-state index is 0.142. The molecule has 0 atom stereocenters. The van der Waals surface area contributed by atoms with Crippen molar-refractivity contribution < 1.29 is 18.0 Å². The van der Waals surface area contributed by atoms with Gasteiger partial charge in [0.25, 0.3) is 5.91 Å². The Balaban J connectivity index is 1.73. The Morgan fingerprint density at radius 2 is 1.80 bits per heavy atom. The van der Waals surface area contributed by atoms with E-state index in [-0.39, 0.29) is 23.3 Å². The minimum atomic E-state index is -1.55. The molecule has 7 heteroatoms. The second kappa shape index (κ2) is 7.55. The maximum atomic E-state index is 13.7. The molecule has 1 aliphatic rings. The van der Waals surface area contributed by atoms with E-state index in [2.05, 4.69) is 15.6 Å². The van der Waals surface area contributed by atoms with Gasteiger partial charge in [-0.05, 0) is 37.1 Å². The third-order valence-electron chi connectivity index (χ3n) is 4.25. The molecule has 1 aromatic heterocycles. The number of halogens is 3. The summed E-state index contributed by atoms with van der Waals surface area (Å²) in [4.78, 5) is 16.3. The fourth-order valence-corrected chi connectivity index (χ4v) is 2.92. The number of nitrogens with one attached hydrogen (secondary N) is 2. The van der Waals surface area contributed by atoms with E-state index in [9.17, 15) is 18.0 Å². The molecule has 1 aliphatic carbocycles. The zero-order valence-electron chi connectivity index (χ0n) is 13.5. The Morgan fingerprint density at radius 3 is 2.56 bits per heavy atom. The SMILES string of the molecule is O=C(NC1CCCCC1)c1cc(Nc2ccc(F)c(F)c2F)ccn1. The topological polar surface area (TPSA) is 54.0 Å². The van der Waals surface area contributed by atoms with Crippen LogP contribution in [-0.4, -0.2) is 16.9 Å². The summed E-state index contributed by atoms with van der Waals surface area (Å²) in [6.45, 7) is 0. The summed E-state index contributed by atoms with van der Waals surface area (Å²) in [5, 5.41) is 5.58. The number of hydrogen-bond donors (Lipinski definition) is 2. The van der Waals surface area contributed by atoms with Crippen molar-refractivity contribution in [3.8, 4) is 0 Å². The number of rotatable bonds is 4. The van der Waals surface area contributed by atoms with E-state index in [4.69, 9.17) is 0 Å². The number of benzene rings is 1. The van der Waals surface area contributed by atoms with E-state index in [0.717, 1.165) is 37.8 Å². The molecule has 132 valence electrons. The van der Waals surface area contributed by atoms with Crippen molar-refractivity contribution in [3.63, 3.8) is 0 Å². The van der Waals surface area contributed by atoms with Crippen LogP contribution in [0.1, 0.15) is 42.6 Å². The van der Waals surface area contributed by atoms with Gasteiger partial charge in [-0.2, -0.15) is 0 Å². The largest absolute Gasteiger partial charge is 0.353 e. The molecule has 1 aromatic carbocycles. The Hall–Kier alpha value is -2.57. The van der Waals surface area contributed by atoms with Crippen molar-refractivity contribution in [3.05, 3.63) is 53.6 Å². The molecule has 0 radical (unpaired) electrons. The number of anilines is 2. The third kappa shape index (κ3) is 4.10. The van der Waals surface area contributed by atoms with Gasteiger partial charge in [-0.3, -0.25) is 9.78 Å². The van der Waals surface area contributed by atoms with Gasteiger partial charge in [0, 0.05) is 17.9 Å². The molecule has 1 heterocycles. The Kier molecular flexibility index (Phi) is 5.21. The van der Waals surface area contributed by atoms with Gasteiger partial charge in [-0.25, -0.2) is 13.2 Å². The molecule has 0 bridgehead atoms. The quantitative estimate of drug-likeness (QED) is 0.809. The molecule has 1 fully saturated rings. The summed E-state index contributed by atoms with van der Waals surface area (Å²) >= 11 is 0. The van der Waals surface area contributed by atoms with Gasteiger partial charge in [-0.1, -0.05) is 19.3 Å². The highest BCUT2D eigenvalue weighted by Crippen LogP contribution is 2.24. The molecule has 1 amide bonds. The summed E-state index contributed by atoms with van der Waals surface area (Å²) in [6.07, 6.45) is 6.66. The van der Waals surface area contributed by atoms with E-state index in [1.807, 2.05) is 0 Å². The Bertz CT molecular complexity index is 776. The van der Waals surface area contributed by atoms with Crippen molar-refractivity contribution in [2.75, 3.05) is 5.32 Å². The highest BCUT2D eigenvalue weighted by atomic mass is 19.2. The molecule has 1 saturated carbocycles. The van der Waals surface area contributed by atoms with Crippen LogP contribution in [0.2, 0.25) is 0 Å². The summed E-state index contributed by atoms with van der Waals surface area (Å²) in [6, 6.07) is 5.02. The monoisotopic (exact) mass is 349 g/mol. The maximum Gasteiger partial charge on any atom is 0.270 e. The molecule has 0 unspecified atom stereocenters. The molecule has 3 rings (SSSR count). The van der Waals surface area contributed by atoms with Crippen LogP contribution in [0.25, 0.3) is 0 Å². The second-order valence-electron chi connectivity index (χ2n) is 6.09. The second-order valence-corrected chi connectivity index (χ2v) is 6.09. The highest BCUT2D eigenvalue weighted by Gasteiger charge is 2.18. The summed E-state index contributed by atoms with van der Waals surface area (Å²) in [7, 11) is 0. The van der Waals surface area contributed by atoms with Crippen LogP contribution in [0, 0.1) is 17.5 Å². The maximum absolute atomic E-state index is 13.7. The lowest BCUT2D eigenvalue weighted by atomic mass is 9.95. The first kappa shape index (κ1) is 17.3. The van der Waals surface area contributed by atoms with Crippen LogP contribution in [0.5, 0.6) is 0 Å². The normalized spacial score (nSPS) is 15.0. The van der Waals surface area contributed by atoms with Crippen LogP contribution in [0.3, 0.4) is 0 Å². The van der Waals surface area contributed by atoms with Crippen LogP contribution in [0.4, 0.5) is 24.5 Å². The average molecular weight is 349 g/mol. The van der Waals surface area contributed by atoms with Crippen molar-refractivity contribution in [1.82, 2.24) is 10.3 Å². The van der Waals surface area contributed by atoms with Gasteiger partial charge in [0.05, 0.1) is 5.69 Å². The molecule has 2 aromatic rings. The van der Waals surface area contributed by atoms with Gasteiger partial charge < -0.3 is 10.6 Å². The Labute approximate surface area is 143 Å². The number of carbonyl (C=O) groups excluding carboxylic acids is 1. The molecular weight excluding hydrogens is 331 g/mol. The Morgan fingerprint density at radius 1 is 1.04 bits per heavy atom. The molecule has 4 nitrogen and oxygen atoms in total. The first-order valence-corrected chi connectivity index (χ1v) is 8.22. The van der Waals surface area contributed by atoms with Crippen LogP contribution < -0.4 is 10.6 Å². The van der Waals surface area contributed by atoms with E-state index < -0.39 is 17.5 Å². The van der Waals surface area contributed by atoms with Crippen LogP contribution in [-0.2, 0) is 0 Å². The zero-order valence-corrected chi connectivity index (χ0v) is 13.5. The van der Waals surface area contributed by atoms with E-state index >= 15 is 0 Å². The van der Waals surface area contributed by atoms with E-state index in [0.29, 0.717) is 5.69 Å².